The fraction of sp³-hybridized carbons (Fsp3) is 0.200. The lowest BCUT2D eigenvalue weighted by Gasteiger charge is -2.26. The van der Waals surface area contributed by atoms with Crippen molar-refractivity contribution in [2.45, 2.75) is 6.42 Å². The molecule has 13 heteroatoms. The van der Waals surface area contributed by atoms with Crippen molar-refractivity contribution in [1.82, 2.24) is 24.3 Å². The molecule has 6 aromatic rings. The first-order valence-corrected chi connectivity index (χ1v) is 16.9. The van der Waals surface area contributed by atoms with Crippen molar-refractivity contribution in [2.75, 3.05) is 55.4 Å². The van der Waals surface area contributed by atoms with Gasteiger partial charge in [-0.1, -0.05) is 41.9 Å². The number of imidazole rings is 1. The topological polar surface area (TPSA) is 118 Å². The van der Waals surface area contributed by atoms with Crippen LogP contribution in [0.5, 0.6) is 5.75 Å². The van der Waals surface area contributed by atoms with Crippen LogP contribution in [0, 0.1) is 0 Å². The van der Waals surface area contributed by atoms with E-state index in [2.05, 4.69) is 25.8 Å². The van der Waals surface area contributed by atoms with Crippen molar-refractivity contribution in [3.05, 3.63) is 102 Å². The largest absolute Gasteiger partial charge is 0.493 e. The van der Waals surface area contributed by atoms with E-state index >= 15 is 0 Å². The van der Waals surface area contributed by atoms with Crippen LogP contribution in [0.15, 0.2) is 96.6 Å². The predicted molar refractivity (Wildman–Crippen MR) is 191 cm³/mol. The van der Waals surface area contributed by atoms with E-state index in [9.17, 15) is 4.79 Å². The summed E-state index contributed by atoms with van der Waals surface area (Å²) in [4.78, 5) is 30.3. The number of fused-ring (bicyclic) bond motifs is 1. The Morgan fingerprint density at radius 1 is 0.958 bits per heavy atom. The number of anilines is 4. The van der Waals surface area contributed by atoms with Crippen LogP contribution in [0.1, 0.15) is 6.42 Å². The van der Waals surface area contributed by atoms with E-state index in [0.717, 1.165) is 72.6 Å². The van der Waals surface area contributed by atoms with Crippen molar-refractivity contribution < 1.29 is 14.3 Å². The van der Waals surface area contributed by atoms with Crippen LogP contribution in [-0.2, 0) is 4.74 Å². The van der Waals surface area contributed by atoms with Crippen LogP contribution in [-0.4, -0.2) is 69.7 Å². The van der Waals surface area contributed by atoms with Gasteiger partial charge in [0.05, 0.1) is 41.9 Å². The van der Waals surface area contributed by atoms with Gasteiger partial charge in [0.1, 0.15) is 11.4 Å². The summed E-state index contributed by atoms with van der Waals surface area (Å²) in [6, 6.07) is 23.9. The number of nitrogens with one attached hydrogen (secondary N) is 3. The molecule has 0 saturated carbocycles. The smallest absolute Gasteiger partial charge is 0.323 e. The number of halogens is 1. The highest BCUT2D eigenvalue weighted by atomic mass is 35.5. The zero-order chi connectivity index (χ0) is 32.7. The summed E-state index contributed by atoms with van der Waals surface area (Å²) in [5.74, 6) is 1.23. The lowest BCUT2D eigenvalue weighted by atomic mass is 10.1. The van der Waals surface area contributed by atoms with Gasteiger partial charge in [0.25, 0.3) is 0 Å². The maximum Gasteiger partial charge on any atom is 0.323 e. The van der Waals surface area contributed by atoms with Gasteiger partial charge < -0.3 is 25.4 Å². The number of thiazole rings is 1. The van der Waals surface area contributed by atoms with Gasteiger partial charge in [-0.05, 0) is 48.9 Å². The fourth-order valence-electron chi connectivity index (χ4n) is 5.47. The number of urea groups is 1. The monoisotopic (exact) mass is 680 g/mol. The standard InChI is InChI=1S/C35H33ClN8O3S/c36-28-10-1-2-11-29(28)41-34(45)39-25-7-3-6-24(22-25)31-32(44-17-21-48-35(44)42-31)30-12-13-37-33(40-30)38-26-8-4-9-27(23-26)47-18-5-14-43-15-19-46-20-16-43/h1-4,6-13,17,21-23H,5,14-16,18-20H2,(H,37,38,40)(H2,39,41,45). The Hall–Kier alpha value is -5.01. The molecule has 3 N–H and O–H groups in total. The number of hydrogen-bond acceptors (Lipinski definition) is 9. The normalized spacial score (nSPS) is 13.4. The molecule has 0 radical (unpaired) electrons. The maximum absolute atomic E-state index is 12.8. The number of benzene rings is 3. The highest BCUT2D eigenvalue weighted by Gasteiger charge is 2.19. The van der Waals surface area contributed by atoms with Crippen LogP contribution in [0.3, 0.4) is 0 Å². The fourth-order valence-corrected chi connectivity index (χ4v) is 6.37. The van der Waals surface area contributed by atoms with Gasteiger partial charge >= 0.3 is 6.03 Å². The van der Waals surface area contributed by atoms with E-state index in [0.29, 0.717) is 34.6 Å². The first-order chi connectivity index (χ1) is 23.6. The zero-order valence-corrected chi connectivity index (χ0v) is 27.5. The van der Waals surface area contributed by atoms with Crippen LogP contribution >= 0.6 is 22.9 Å². The lowest BCUT2D eigenvalue weighted by Crippen LogP contribution is -2.37. The van der Waals surface area contributed by atoms with Crippen LogP contribution in [0.4, 0.5) is 27.8 Å². The number of morpholine rings is 1. The molecule has 48 heavy (non-hydrogen) atoms. The molecule has 0 spiro atoms. The minimum absolute atomic E-state index is 0.403. The van der Waals surface area contributed by atoms with Crippen LogP contribution in [0.25, 0.3) is 27.6 Å². The van der Waals surface area contributed by atoms with Crippen molar-refractivity contribution in [1.29, 1.82) is 0 Å². The average Bonchev–Trinajstić information content (AvgIpc) is 3.71. The Bertz CT molecular complexity index is 2030. The molecule has 244 valence electrons. The summed E-state index contributed by atoms with van der Waals surface area (Å²) in [5.41, 5.74) is 5.01. The second-order valence-corrected chi connectivity index (χ2v) is 12.4. The molecule has 3 aromatic carbocycles. The van der Waals surface area contributed by atoms with E-state index in [1.54, 1.807) is 18.3 Å². The number of hydrogen-bond donors (Lipinski definition) is 3. The van der Waals surface area contributed by atoms with Crippen molar-refractivity contribution in [2.24, 2.45) is 0 Å². The van der Waals surface area contributed by atoms with Crippen LogP contribution in [0.2, 0.25) is 5.02 Å². The first-order valence-electron chi connectivity index (χ1n) is 15.6. The Morgan fingerprint density at radius 2 is 1.81 bits per heavy atom. The third-order valence-electron chi connectivity index (χ3n) is 7.76. The third-order valence-corrected chi connectivity index (χ3v) is 8.84. The second-order valence-electron chi connectivity index (χ2n) is 11.1. The van der Waals surface area contributed by atoms with Gasteiger partial charge in [-0.25, -0.2) is 19.7 Å². The molecular weight excluding hydrogens is 648 g/mol. The Kier molecular flexibility index (Phi) is 9.75. The van der Waals surface area contributed by atoms with E-state index in [-0.39, 0.29) is 0 Å². The molecule has 4 heterocycles. The van der Waals surface area contributed by atoms with Gasteiger partial charge in [-0.2, -0.15) is 0 Å². The number of amides is 2. The molecule has 1 aliphatic heterocycles. The van der Waals surface area contributed by atoms with E-state index in [1.165, 1.54) is 11.3 Å². The van der Waals surface area contributed by atoms with Gasteiger partial charge in [-0.15, -0.1) is 11.3 Å². The molecule has 0 atom stereocenters. The number of rotatable bonds is 11. The minimum Gasteiger partial charge on any atom is -0.493 e. The highest BCUT2D eigenvalue weighted by molar-refractivity contribution is 7.15. The van der Waals surface area contributed by atoms with Crippen LogP contribution < -0.4 is 20.7 Å². The third kappa shape index (κ3) is 7.58. The SMILES string of the molecule is O=C(Nc1cccc(-c2nc3sccn3c2-c2ccnc(Nc3cccc(OCCCN4CCOCC4)c3)n2)c1)Nc1ccccc1Cl. The van der Waals surface area contributed by atoms with E-state index < -0.39 is 6.03 Å². The molecule has 0 unspecified atom stereocenters. The summed E-state index contributed by atoms with van der Waals surface area (Å²) >= 11 is 7.74. The molecule has 2 amide bonds. The summed E-state index contributed by atoms with van der Waals surface area (Å²) in [7, 11) is 0. The molecule has 1 saturated heterocycles. The summed E-state index contributed by atoms with van der Waals surface area (Å²) in [5, 5.41) is 11.5. The minimum atomic E-state index is -0.403. The number of aromatic nitrogens is 4. The highest BCUT2D eigenvalue weighted by Crippen LogP contribution is 2.35. The molecule has 7 rings (SSSR count). The summed E-state index contributed by atoms with van der Waals surface area (Å²) in [6.45, 7) is 5.19. The maximum atomic E-state index is 12.8. The van der Waals surface area contributed by atoms with Gasteiger partial charge in [-0.3, -0.25) is 9.30 Å². The van der Waals surface area contributed by atoms with E-state index in [1.807, 2.05) is 82.7 Å². The van der Waals surface area contributed by atoms with Gasteiger partial charge in [0.2, 0.25) is 5.95 Å². The molecule has 11 nitrogen and oxygen atoms in total. The molecule has 1 aliphatic rings. The molecule has 1 fully saturated rings. The number of carbonyl (C=O) groups excluding carboxylic acids is 1. The summed E-state index contributed by atoms with van der Waals surface area (Å²) < 4.78 is 13.5. The number of nitrogens with zero attached hydrogens (tertiary/aromatic N) is 5. The molecule has 3 aromatic heterocycles. The molecular formula is C35H33ClN8O3S. The summed E-state index contributed by atoms with van der Waals surface area (Å²) in [6.07, 6.45) is 4.64. The van der Waals surface area contributed by atoms with Crippen molar-refractivity contribution >= 4 is 56.9 Å². The lowest BCUT2D eigenvalue weighted by molar-refractivity contribution is 0.0358. The second kappa shape index (κ2) is 14.8. The Balaban J connectivity index is 1.07. The van der Waals surface area contributed by atoms with Crippen molar-refractivity contribution in [3.8, 4) is 28.4 Å². The zero-order valence-electron chi connectivity index (χ0n) is 25.9. The first kappa shape index (κ1) is 31.6. The van der Waals surface area contributed by atoms with Gasteiger partial charge in [0, 0.05) is 60.4 Å². The number of ether oxygens (including phenoxy) is 2. The van der Waals surface area contributed by atoms with Gasteiger partial charge in [0.15, 0.2) is 4.96 Å². The molecule has 0 aliphatic carbocycles. The molecule has 0 bridgehead atoms. The number of para-hydroxylation sites is 1. The Morgan fingerprint density at radius 3 is 2.71 bits per heavy atom. The predicted octanol–water partition coefficient (Wildman–Crippen LogP) is 7.66. The number of carbonyl (C=O) groups is 1. The van der Waals surface area contributed by atoms with Crippen molar-refractivity contribution in [3.63, 3.8) is 0 Å². The quantitative estimate of drug-likeness (QED) is 0.119. The Labute approximate surface area is 286 Å². The van der Waals surface area contributed by atoms with E-state index in [4.69, 9.17) is 31.0 Å². The average molecular weight is 681 g/mol.